The van der Waals surface area contributed by atoms with Gasteiger partial charge >= 0.3 is 0 Å². The minimum atomic E-state index is -1.74. The lowest BCUT2D eigenvalue weighted by Gasteiger charge is -2.56. The first-order valence-electron chi connectivity index (χ1n) is 9.25. The minimum absolute atomic E-state index is 0.0346. The number of rotatable bonds is 4. The fourth-order valence-corrected chi connectivity index (χ4v) is 5.64. The van der Waals surface area contributed by atoms with Gasteiger partial charge in [-0.2, -0.15) is 0 Å². The van der Waals surface area contributed by atoms with Crippen molar-refractivity contribution in [1.29, 1.82) is 0 Å². The highest BCUT2D eigenvalue weighted by Crippen LogP contribution is 2.56. The lowest BCUT2D eigenvalue weighted by molar-refractivity contribution is -0.0106. The average Bonchev–Trinajstić information content (AvgIpc) is 2.92. The predicted octanol–water partition coefficient (Wildman–Crippen LogP) is 6.81. The highest BCUT2D eigenvalue weighted by atomic mass is 28.4. The monoisotopic (exact) mass is 344 g/mol. The van der Waals surface area contributed by atoms with Gasteiger partial charge in [0.15, 0.2) is 8.32 Å². The van der Waals surface area contributed by atoms with Crippen molar-refractivity contribution in [2.24, 2.45) is 10.8 Å². The van der Waals surface area contributed by atoms with Crippen LogP contribution in [-0.4, -0.2) is 13.9 Å². The molecular weight excluding hydrogens is 308 g/mol. The lowest BCUT2D eigenvalue weighted by atomic mass is 9.58. The summed E-state index contributed by atoms with van der Waals surface area (Å²) in [5.74, 6) is 0. The van der Waals surface area contributed by atoms with Gasteiger partial charge in [0.2, 0.25) is 0 Å². The average molecular weight is 345 g/mol. The Morgan fingerprint density at radius 1 is 1.08 bits per heavy atom. The molecule has 0 spiro atoms. The maximum Gasteiger partial charge on any atom is 0.185 e. The van der Waals surface area contributed by atoms with E-state index in [1.165, 1.54) is 16.7 Å². The molecule has 1 atom stereocenters. The molecule has 0 heterocycles. The fraction of sp³-hybridized carbons (Fsp3) is 0.636. The van der Waals surface area contributed by atoms with E-state index in [1.807, 2.05) is 0 Å². The Labute approximate surface area is 150 Å². The largest absolute Gasteiger partial charge is 0.407 e. The Hall–Kier alpha value is -0.863. The van der Waals surface area contributed by atoms with Gasteiger partial charge in [0, 0.05) is 5.41 Å². The maximum absolute atomic E-state index is 7.09. The van der Waals surface area contributed by atoms with E-state index in [2.05, 4.69) is 91.6 Å². The molecule has 1 unspecified atom stereocenters. The molecule has 2 aliphatic carbocycles. The second-order valence-electron chi connectivity index (χ2n) is 9.95. The van der Waals surface area contributed by atoms with Crippen LogP contribution in [0.2, 0.25) is 19.6 Å². The molecule has 0 amide bonds. The quantitative estimate of drug-likeness (QED) is 0.509. The van der Waals surface area contributed by atoms with Gasteiger partial charge in [-0.3, -0.25) is 0 Å². The van der Waals surface area contributed by atoms with Crippen LogP contribution in [0.3, 0.4) is 0 Å². The maximum atomic E-state index is 7.09. The van der Waals surface area contributed by atoms with Gasteiger partial charge in [0.05, 0.1) is 5.60 Å². The molecule has 24 heavy (non-hydrogen) atoms. The molecule has 0 saturated heterocycles. The van der Waals surface area contributed by atoms with E-state index in [-0.39, 0.29) is 16.4 Å². The van der Waals surface area contributed by atoms with Gasteiger partial charge in [-0.1, -0.05) is 76.1 Å². The molecule has 0 aromatic carbocycles. The van der Waals surface area contributed by atoms with Crippen molar-refractivity contribution < 1.29 is 4.43 Å². The molecule has 0 radical (unpaired) electrons. The Morgan fingerprint density at radius 3 is 2.17 bits per heavy atom. The molecule has 2 rings (SSSR count). The van der Waals surface area contributed by atoms with E-state index in [0.717, 1.165) is 12.8 Å². The van der Waals surface area contributed by atoms with Crippen molar-refractivity contribution >= 4 is 8.32 Å². The van der Waals surface area contributed by atoms with Crippen LogP contribution in [0.4, 0.5) is 0 Å². The summed E-state index contributed by atoms with van der Waals surface area (Å²) in [7, 11) is -1.74. The molecule has 0 aromatic rings. The van der Waals surface area contributed by atoms with Gasteiger partial charge in [-0.05, 0) is 50.4 Å². The molecule has 2 aliphatic rings. The van der Waals surface area contributed by atoms with Crippen LogP contribution in [-0.2, 0) is 4.43 Å². The zero-order valence-electron chi connectivity index (χ0n) is 17.2. The van der Waals surface area contributed by atoms with E-state index < -0.39 is 8.32 Å². The molecule has 134 valence electrons. The molecule has 0 aromatic heterocycles. The Kier molecular flexibility index (Phi) is 4.98. The van der Waals surface area contributed by atoms with Gasteiger partial charge in [0.1, 0.15) is 0 Å². The van der Waals surface area contributed by atoms with Crippen LogP contribution in [0.15, 0.2) is 47.1 Å². The first-order chi connectivity index (χ1) is 10.8. The third-order valence-corrected chi connectivity index (χ3v) is 6.35. The smallest absolute Gasteiger partial charge is 0.185 e. The van der Waals surface area contributed by atoms with Crippen molar-refractivity contribution in [2.75, 3.05) is 0 Å². The molecule has 2 heteroatoms. The summed E-state index contributed by atoms with van der Waals surface area (Å²) in [6.45, 7) is 20.9. The molecule has 0 aliphatic heterocycles. The Balaban J connectivity index is 2.66. The molecule has 1 nitrogen and oxygen atoms in total. The van der Waals surface area contributed by atoms with E-state index in [0.29, 0.717) is 0 Å². The van der Waals surface area contributed by atoms with Crippen molar-refractivity contribution in [3.63, 3.8) is 0 Å². The van der Waals surface area contributed by atoms with E-state index in [9.17, 15) is 0 Å². The zero-order valence-corrected chi connectivity index (χ0v) is 18.2. The summed E-state index contributed by atoms with van der Waals surface area (Å²) in [5.41, 5.74) is 4.10. The summed E-state index contributed by atoms with van der Waals surface area (Å²) in [6, 6.07) is 0. The third-order valence-electron chi connectivity index (χ3n) is 5.39. The summed E-state index contributed by atoms with van der Waals surface area (Å²) in [6.07, 6.45) is 13.6. The van der Waals surface area contributed by atoms with Crippen LogP contribution < -0.4 is 0 Å². The second-order valence-corrected chi connectivity index (χ2v) is 14.4. The van der Waals surface area contributed by atoms with E-state index >= 15 is 0 Å². The van der Waals surface area contributed by atoms with Crippen molar-refractivity contribution in [1.82, 2.24) is 0 Å². The molecule has 0 bridgehead atoms. The van der Waals surface area contributed by atoms with Gasteiger partial charge < -0.3 is 4.43 Å². The van der Waals surface area contributed by atoms with E-state index in [1.54, 1.807) is 0 Å². The molecule has 0 N–H and O–H groups in total. The van der Waals surface area contributed by atoms with Crippen LogP contribution in [0, 0.1) is 10.8 Å². The number of allylic oxidation sites excluding steroid dienone is 5. The summed E-state index contributed by atoms with van der Waals surface area (Å²) < 4.78 is 7.09. The fourth-order valence-electron chi connectivity index (χ4n) is 4.15. The zero-order chi connectivity index (χ0) is 18.4. The van der Waals surface area contributed by atoms with Crippen LogP contribution in [0.5, 0.6) is 0 Å². The SMILES string of the molecule is CC1=CCC(O[Si](C)(C)C)(C(C)(C)C2=CC=CC2)C(C(C)(C)C)=C1. The van der Waals surface area contributed by atoms with Gasteiger partial charge in [0.25, 0.3) is 0 Å². The molecule has 0 saturated carbocycles. The van der Waals surface area contributed by atoms with Crippen molar-refractivity contribution in [3.05, 3.63) is 47.1 Å². The highest BCUT2D eigenvalue weighted by molar-refractivity contribution is 6.69. The summed E-state index contributed by atoms with van der Waals surface area (Å²) in [4.78, 5) is 0. The first-order valence-corrected chi connectivity index (χ1v) is 12.7. The van der Waals surface area contributed by atoms with Gasteiger partial charge in [-0.25, -0.2) is 0 Å². The highest BCUT2D eigenvalue weighted by Gasteiger charge is 2.54. The lowest BCUT2D eigenvalue weighted by Crippen LogP contribution is -2.57. The van der Waals surface area contributed by atoms with Crippen molar-refractivity contribution in [2.45, 2.75) is 79.6 Å². The second kappa shape index (κ2) is 6.14. The minimum Gasteiger partial charge on any atom is -0.407 e. The molecule has 0 fully saturated rings. The number of hydrogen-bond donors (Lipinski definition) is 0. The Bertz CT molecular complexity index is 617. The van der Waals surface area contributed by atoms with Gasteiger partial charge in [-0.15, -0.1) is 0 Å². The molecular formula is C22H36OSi. The summed E-state index contributed by atoms with van der Waals surface area (Å²) >= 11 is 0. The van der Waals surface area contributed by atoms with Crippen LogP contribution >= 0.6 is 0 Å². The number of hydrogen-bond acceptors (Lipinski definition) is 1. The standard InChI is InChI=1S/C22H36OSi/c1-17-14-15-22(23-24(7,8)9,19(16-17)20(2,3)4)21(5,6)18-12-10-11-13-18/h10-12,14,16H,13,15H2,1-9H3. The van der Waals surface area contributed by atoms with E-state index in [4.69, 9.17) is 4.43 Å². The van der Waals surface area contributed by atoms with Crippen LogP contribution in [0.1, 0.15) is 54.4 Å². The first kappa shape index (κ1) is 19.5. The topological polar surface area (TPSA) is 9.23 Å². The Morgan fingerprint density at radius 2 is 1.71 bits per heavy atom. The summed E-state index contributed by atoms with van der Waals surface area (Å²) in [5, 5.41) is 0. The van der Waals surface area contributed by atoms with Crippen molar-refractivity contribution in [3.8, 4) is 0 Å². The third kappa shape index (κ3) is 3.55. The normalized spacial score (nSPS) is 25.5. The predicted molar refractivity (Wildman–Crippen MR) is 109 cm³/mol. The van der Waals surface area contributed by atoms with Crippen LogP contribution in [0.25, 0.3) is 0 Å².